The van der Waals surface area contributed by atoms with Crippen LogP contribution in [0.1, 0.15) is 27.3 Å². The van der Waals surface area contributed by atoms with Crippen molar-refractivity contribution in [2.24, 2.45) is 5.10 Å². The van der Waals surface area contributed by atoms with E-state index in [2.05, 4.69) is 10.5 Å². The number of carbonyl (C=O) groups is 1. The molecule has 1 aliphatic rings. The normalized spacial score (nSPS) is 15.0. The molecule has 34 heavy (non-hydrogen) atoms. The highest BCUT2D eigenvalue weighted by molar-refractivity contribution is 7.89. The fourth-order valence-electron chi connectivity index (χ4n) is 3.86. The van der Waals surface area contributed by atoms with Gasteiger partial charge in [-0.15, -0.1) is 0 Å². The number of amides is 1. The van der Waals surface area contributed by atoms with E-state index in [0.29, 0.717) is 37.6 Å². The molecule has 8 nitrogen and oxygen atoms in total. The van der Waals surface area contributed by atoms with Crippen LogP contribution in [0.25, 0.3) is 5.69 Å². The molecule has 0 spiro atoms. The van der Waals surface area contributed by atoms with Crippen LogP contribution in [0.4, 0.5) is 4.39 Å². The first-order valence-electron chi connectivity index (χ1n) is 10.7. The maximum absolute atomic E-state index is 13.1. The Labute approximate surface area is 197 Å². The number of hydrogen-bond donors (Lipinski definition) is 1. The average Bonchev–Trinajstić information content (AvgIpc) is 3.12. The molecule has 1 aliphatic heterocycles. The van der Waals surface area contributed by atoms with Crippen LogP contribution < -0.4 is 5.43 Å². The Hall–Kier alpha value is -3.34. The first-order chi connectivity index (χ1) is 16.3. The summed E-state index contributed by atoms with van der Waals surface area (Å²) < 4.78 is 47.8. The van der Waals surface area contributed by atoms with Crippen LogP contribution in [0, 0.1) is 19.7 Å². The van der Waals surface area contributed by atoms with E-state index in [1.165, 1.54) is 34.8 Å². The number of rotatable bonds is 6. The van der Waals surface area contributed by atoms with Crippen LogP contribution >= 0.6 is 0 Å². The van der Waals surface area contributed by atoms with E-state index in [9.17, 15) is 17.6 Å². The Bertz CT molecular complexity index is 1330. The number of hydrazone groups is 1. The summed E-state index contributed by atoms with van der Waals surface area (Å²) in [5.41, 5.74) is 5.91. The zero-order chi connectivity index (χ0) is 24.3. The second kappa shape index (κ2) is 9.88. The molecule has 0 unspecified atom stereocenters. The lowest BCUT2D eigenvalue weighted by molar-refractivity contribution is 0.0730. The number of nitrogens with one attached hydrogen (secondary N) is 1. The maximum atomic E-state index is 13.1. The molecule has 1 saturated heterocycles. The molecule has 0 radical (unpaired) electrons. The zero-order valence-electron chi connectivity index (χ0n) is 18.9. The van der Waals surface area contributed by atoms with Crippen molar-refractivity contribution in [3.8, 4) is 5.69 Å². The van der Waals surface area contributed by atoms with Crippen LogP contribution in [-0.4, -0.2) is 55.7 Å². The molecule has 2 heterocycles. The van der Waals surface area contributed by atoms with Crippen molar-refractivity contribution < 1.29 is 22.3 Å². The number of morpholine rings is 1. The summed E-state index contributed by atoms with van der Waals surface area (Å²) in [7, 11) is -3.62. The largest absolute Gasteiger partial charge is 0.379 e. The third-order valence-electron chi connectivity index (χ3n) is 5.63. The minimum absolute atomic E-state index is 0.223. The highest BCUT2D eigenvalue weighted by atomic mass is 32.2. The maximum Gasteiger partial charge on any atom is 0.271 e. The number of hydrogen-bond acceptors (Lipinski definition) is 5. The summed E-state index contributed by atoms with van der Waals surface area (Å²) in [5, 5.41) is 4.02. The predicted octanol–water partition coefficient (Wildman–Crippen LogP) is 3.02. The molecule has 178 valence electrons. The number of carbonyl (C=O) groups excluding carboxylic acids is 1. The Morgan fingerprint density at radius 2 is 1.79 bits per heavy atom. The van der Waals surface area contributed by atoms with Gasteiger partial charge < -0.3 is 9.30 Å². The fourth-order valence-corrected chi connectivity index (χ4v) is 5.31. The van der Waals surface area contributed by atoms with Crippen molar-refractivity contribution in [1.29, 1.82) is 0 Å². The van der Waals surface area contributed by atoms with Gasteiger partial charge in [0.1, 0.15) is 5.82 Å². The van der Waals surface area contributed by atoms with Crippen molar-refractivity contribution in [2.45, 2.75) is 18.7 Å². The van der Waals surface area contributed by atoms with Crippen molar-refractivity contribution in [2.75, 3.05) is 26.3 Å². The van der Waals surface area contributed by atoms with Crippen LogP contribution in [-0.2, 0) is 14.8 Å². The van der Waals surface area contributed by atoms with Crippen LogP contribution in [0.2, 0.25) is 0 Å². The number of aryl methyl sites for hydroxylation is 1. The van der Waals surface area contributed by atoms with E-state index in [4.69, 9.17) is 4.74 Å². The van der Waals surface area contributed by atoms with Gasteiger partial charge in [-0.1, -0.05) is 6.07 Å². The lowest BCUT2D eigenvalue weighted by Crippen LogP contribution is -2.40. The Balaban J connectivity index is 1.55. The molecule has 0 bridgehead atoms. The molecule has 4 rings (SSSR count). The van der Waals surface area contributed by atoms with Crippen molar-refractivity contribution >= 4 is 22.1 Å². The second-order valence-electron chi connectivity index (χ2n) is 7.88. The van der Waals surface area contributed by atoms with E-state index >= 15 is 0 Å². The highest BCUT2D eigenvalue weighted by Gasteiger charge is 2.26. The minimum atomic E-state index is -3.62. The van der Waals surface area contributed by atoms with Gasteiger partial charge in [-0.3, -0.25) is 4.79 Å². The monoisotopic (exact) mass is 484 g/mol. The SMILES string of the molecule is Cc1cc(/C=N/NC(=O)c2ccc(F)cc2)c(C)n1-c1cccc(S(=O)(=O)N2CCOCC2)c1. The van der Waals surface area contributed by atoms with E-state index in [0.717, 1.165) is 17.0 Å². The number of benzene rings is 2. The third kappa shape index (κ3) is 4.93. The summed E-state index contributed by atoms with van der Waals surface area (Å²) >= 11 is 0. The number of ether oxygens (including phenoxy) is 1. The molecule has 1 fully saturated rings. The van der Waals surface area contributed by atoms with Gasteiger partial charge in [-0.2, -0.15) is 9.41 Å². The third-order valence-corrected chi connectivity index (χ3v) is 7.52. The molecule has 2 aromatic carbocycles. The van der Waals surface area contributed by atoms with E-state index < -0.39 is 21.7 Å². The fraction of sp³-hybridized carbons (Fsp3) is 0.250. The summed E-state index contributed by atoms with van der Waals surface area (Å²) in [6.07, 6.45) is 1.52. The number of halogens is 1. The lowest BCUT2D eigenvalue weighted by atomic mass is 10.2. The molecule has 10 heteroatoms. The van der Waals surface area contributed by atoms with Gasteiger partial charge in [0.05, 0.1) is 24.3 Å². The molecule has 0 saturated carbocycles. The predicted molar refractivity (Wildman–Crippen MR) is 126 cm³/mol. The zero-order valence-corrected chi connectivity index (χ0v) is 19.7. The van der Waals surface area contributed by atoms with Crippen molar-refractivity contribution in [3.05, 3.63) is 82.9 Å². The Morgan fingerprint density at radius 1 is 1.09 bits per heavy atom. The van der Waals surface area contributed by atoms with Gasteiger partial charge in [0.15, 0.2) is 0 Å². The molecule has 0 atom stereocenters. The van der Waals surface area contributed by atoms with Gasteiger partial charge in [0.2, 0.25) is 10.0 Å². The average molecular weight is 485 g/mol. The summed E-state index contributed by atoms with van der Waals surface area (Å²) in [4.78, 5) is 12.4. The van der Waals surface area contributed by atoms with Gasteiger partial charge in [0.25, 0.3) is 5.91 Å². The first-order valence-corrected chi connectivity index (χ1v) is 12.2. The summed E-state index contributed by atoms with van der Waals surface area (Å²) in [6, 6.07) is 13.9. The molecule has 1 aromatic heterocycles. The van der Waals surface area contributed by atoms with Gasteiger partial charge in [0, 0.05) is 41.3 Å². The minimum Gasteiger partial charge on any atom is -0.379 e. The van der Waals surface area contributed by atoms with E-state index in [1.807, 2.05) is 30.5 Å². The summed E-state index contributed by atoms with van der Waals surface area (Å²) in [6.45, 7) is 5.23. The number of aromatic nitrogens is 1. The smallest absolute Gasteiger partial charge is 0.271 e. The molecular weight excluding hydrogens is 459 g/mol. The molecule has 0 aliphatic carbocycles. The van der Waals surface area contributed by atoms with Crippen LogP contribution in [0.3, 0.4) is 0 Å². The number of sulfonamides is 1. The molecule has 1 amide bonds. The summed E-state index contributed by atoms with van der Waals surface area (Å²) in [5.74, 6) is -0.875. The lowest BCUT2D eigenvalue weighted by Gasteiger charge is -2.26. The molecule has 1 N–H and O–H groups in total. The van der Waals surface area contributed by atoms with Crippen LogP contribution in [0.5, 0.6) is 0 Å². The number of nitrogens with zero attached hydrogens (tertiary/aromatic N) is 3. The Morgan fingerprint density at radius 3 is 2.50 bits per heavy atom. The van der Waals surface area contributed by atoms with E-state index in [1.54, 1.807) is 18.2 Å². The van der Waals surface area contributed by atoms with E-state index in [-0.39, 0.29) is 4.90 Å². The highest BCUT2D eigenvalue weighted by Crippen LogP contribution is 2.24. The van der Waals surface area contributed by atoms with Crippen LogP contribution in [0.15, 0.2) is 64.6 Å². The van der Waals surface area contributed by atoms with Gasteiger partial charge >= 0.3 is 0 Å². The topological polar surface area (TPSA) is 93.0 Å². The second-order valence-corrected chi connectivity index (χ2v) is 9.82. The quantitative estimate of drug-likeness (QED) is 0.430. The van der Waals surface area contributed by atoms with Crippen molar-refractivity contribution in [1.82, 2.24) is 14.3 Å². The van der Waals surface area contributed by atoms with Crippen molar-refractivity contribution in [3.63, 3.8) is 0 Å². The standard InChI is InChI=1S/C24H25FN4O4S/c1-17-14-20(16-26-27-24(30)19-6-8-21(25)9-7-19)18(2)29(17)22-4-3-5-23(15-22)34(31,32)28-10-12-33-13-11-28/h3-9,14-16H,10-13H2,1-2H3,(H,27,30)/b26-16+. The molecule has 3 aromatic rings. The van der Waals surface area contributed by atoms with Gasteiger partial charge in [-0.25, -0.2) is 18.2 Å². The Kier molecular flexibility index (Phi) is 6.92. The first kappa shape index (κ1) is 23.8. The molecular formula is C24H25FN4O4S. The van der Waals surface area contributed by atoms with Gasteiger partial charge in [-0.05, 0) is 62.4 Å².